The molecule has 1 unspecified atom stereocenters. The molecule has 0 aromatic rings. The molecule has 1 fully saturated rings. The van der Waals surface area contributed by atoms with Crippen LogP contribution in [0.4, 0.5) is 0 Å². The lowest BCUT2D eigenvalue weighted by atomic mass is 10.0. The zero-order valence-electron chi connectivity index (χ0n) is 11.1. The summed E-state index contributed by atoms with van der Waals surface area (Å²) in [7, 11) is 0. The second kappa shape index (κ2) is 7.25. The van der Waals surface area contributed by atoms with Crippen molar-refractivity contribution in [3.8, 4) is 0 Å². The highest BCUT2D eigenvalue weighted by Crippen LogP contribution is 2.12. The number of hydrogen-bond acceptors (Lipinski definition) is 3. The van der Waals surface area contributed by atoms with Crippen molar-refractivity contribution in [2.24, 2.45) is 0 Å². The van der Waals surface area contributed by atoms with E-state index in [9.17, 15) is 0 Å². The van der Waals surface area contributed by atoms with E-state index >= 15 is 0 Å². The second-order valence-corrected chi connectivity index (χ2v) is 5.23. The van der Waals surface area contributed by atoms with E-state index in [2.05, 4.69) is 26.1 Å². The Morgan fingerprint density at radius 3 is 2.81 bits per heavy atom. The van der Waals surface area contributed by atoms with Crippen LogP contribution in [0, 0.1) is 0 Å². The molecule has 0 saturated carbocycles. The second-order valence-electron chi connectivity index (χ2n) is 5.23. The summed E-state index contributed by atoms with van der Waals surface area (Å²) in [5, 5.41) is 3.48. The van der Waals surface area contributed by atoms with Gasteiger partial charge in [-0.15, -0.1) is 0 Å². The summed E-state index contributed by atoms with van der Waals surface area (Å²) >= 11 is 0. The highest BCUT2D eigenvalue weighted by molar-refractivity contribution is 4.74. The van der Waals surface area contributed by atoms with Gasteiger partial charge in [0.05, 0.1) is 19.3 Å². The van der Waals surface area contributed by atoms with Crippen LogP contribution in [-0.2, 0) is 9.47 Å². The van der Waals surface area contributed by atoms with Crippen molar-refractivity contribution in [3.63, 3.8) is 0 Å². The fourth-order valence-corrected chi connectivity index (χ4v) is 1.74. The maximum Gasteiger partial charge on any atom is 0.0808 e. The molecule has 0 aromatic heterocycles. The molecule has 1 saturated heterocycles. The van der Waals surface area contributed by atoms with Gasteiger partial charge in [0, 0.05) is 18.7 Å². The molecular formula is C13H27NO2. The van der Waals surface area contributed by atoms with Crippen molar-refractivity contribution >= 4 is 0 Å². The van der Waals surface area contributed by atoms with Crippen LogP contribution < -0.4 is 5.32 Å². The number of hydrogen-bond donors (Lipinski definition) is 1. The molecule has 0 bridgehead atoms. The molecule has 1 aliphatic rings. The predicted octanol–water partition coefficient (Wildman–Crippen LogP) is 2.35. The normalized spacial score (nSPS) is 22.3. The van der Waals surface area contributed by atoms with E-state index in [1.165, 1.54) is 12.8 Å². The van der Waals surface area contributed by atoms with Crippen LogP contribution in [0.2, 0.25) is 0 Å². The number of ether oxygens (including phenoxy) is 2. The summed E-state index contributed by atoms with van der Waals surface area (Å²) in [6, 6.07) is 0. The lowest BCUT2D eigenvalue weighted by Crippen LogP contribution is -2.40. The Morgan fingerprint density at radius 1 is 1.38 bits per heavy atom. The van der Waals surface area contributed by atoms with E-state index in [-0.39, 0.29) is 5.54 Å². The SMILES string of the molecule is CCC(C)(C)NCCOCC1CCCCO1. The van der Waals surface area contributed by atoms with Gasteiger partial charge in [-0.1, -0.05) is 6.92 Å². The molecule has 96 valence electrons. The number of nitrogens with one attached hydrogen (secondary N) is 1. The lowest BCUT2D eigenvalue weighted by molar-refractivity contribution is -0.0404. The summed E-state index contributed by atoms with van der Waals surface area (Å²) in [5.74, 6) is 0. The monoisotopic (exact) mass is 229 g/mol. The molecule has 16 heavy (non-hydrogen) atoms. The molecule has 0 radical (unpaired) electrons. The Morgan fingerprint density at radius 2 is 2.19 bits per heavy atom. The molecule has 1 aliphatic heterocycles. The molecule has 1 rings (SSSR count). The summed E-state index contributed by atoms with van der Waals surface area (Å²) < 4.78 is 11.2. The van der Waals surface area contributed by atoms with Gasteiger partial charge >= 0.3 is 0 Å². The minimum atomic E-state index is 0.227. The third kappa shape index (κ3) is 5.83. The van der Waals surface area contributed by atoms with Gasteiger partial charge in [-0.2, -0.15) is 0 Å². The molecule has 0 aliphatic carbocycles. The van der Waals surface area contributed by atoms with Crippen molar-refractivity contribution in [1.29, 1.82) is 0 Å². The average Bonchev–Trinajstić information content (AvgIpc) is 2.30. The van der Waals surface area contributed by atoms with Gasteiger partial charge in [-0.05, 0) is 39.5 Å². The Balaban J connectivity index is 1.95. The van der Waals surface area contributed by atoms with Gasteiger partial charge in [-0.25, -0.2) is 0 Å². The first kappa shape index (κ1) is 13.9. The van der Waals surface area contributed by atoms with Crippen molar-refractivity contribution in [1.82, 2.24) is 5.32 Å². The topological polar surface area (TPSA) is 30.5 Å². The van der Waals surface area contributed by atoms with E-state index in [1.54, 1.807) is 0 Å². The first-order valence-corrected chi connectivity index (χ1v) is 6.58. The van der Waals surface area contributed by atoms with E-state index in [0.29, 0.717) is 6.10 Å². The zero-order valence-corrected chi connectivity index (χ0v) is 11.1. The maximum atomic E-state index is 5.63. The van der Waals surface area contributed by atoms with Crippen LogP contribution >= 0.6 is 0 Å². The fourth-order valence-electron chi connectivity index (χ4n) is 1.74. The molecule has 1 N–H and O–H groups in total. The minimum Gasteiger partial charge on any atom is -0.377 e. The van der Waals surface area contributed by atoms with Crippen molar-refractivity contribution in [2.75, 3.05) is 26.4 Å². The summed E-state index contributed by atoms with van der Waals surface area (Å²) in [5.41, 5.74) is 0.227. The van der Waals surface area contributed by atoms with Crippen molar-refractivity contribution in [2.45, 2.75) is 58.1 Å². The minimum absolute atomic E-state index is 0.227. The molecule has 3 nitrogen and oxygen atoms in total. The van der Waals surface area contributed by atoms with Crippen LogP contribution in [0.5, 0.6) is 0 Å². The van der Waals surface area contributed by atoms with Gasteiger partial charge in [0.1, 0.15) is 0 Å². The van der Waals surface area contributed by atoms with E-state index in [1.807, 2.05) is 0 Å². The van der Waals surface area contributed by atoms with Gasteiger partial charge < -0.3 is 14.8 Å². The van der Waals surface area contributed by atoms with Crippen molar-refractivity contribution in [3.05, 3.63) is 0 Å². The first-order chi connectivity index (χ1) is 7.64. The number of rotatable bonds is 7. The highest BCUT2D eigenvalue weighted by atomic mass is 16.5. The Labute approximate surface area is 99.9 Å². The predicted molar refractivity (Wildman–Crippen MR) is 66.8 cm³/mol. The van der Waals surface area contributed by atoms with Crippen LogP contribution in [0.15, 0.2) is 0 Å². The Hall–Kier alpha value is -0.120. The molecule has 1 atom stereocenters. The molecule has 0 spiro atoms. The molecule has 0 aromatic carbocycles. The maximum absolute atomic E-state index is 5.63. The summed E-state index contributed by atoms with van der Waals surface area (Å²) in [6.45, 7) is 10.0. The average molecular weight is 229 g/mol. The quantitative estimate of drug-likeness (QED) is 0.680. The van der Waals surface area contributed by atoms with Crippen LogP contribution in [0.3, 0.4) is 0 Å². The highest BCUT2D eigenvalue weighted by Gasteiger charge is 2.15. The Kier molecular flexibility index (Phi) is 6.32. The largest absolute Gasteiger partial charge is 0.377 e. The fraction of sp³-hybridized carbons (Fsp3) is 1.00. The molecule has 1 heterocycles. The summed E-state index contributed by atoms with van der Waals surface area (Å²) in [4.78, 5) is 0. The van der Waals surface area contributed by atoms with Crippen molar-refractivity contribution < 1.29 is 9.47 Å². The zero-order chi connectivity index (χ0) is 11.9. The van der Waals surface area contributed by atoms with E-state index < -0.39 is 0 Å². The smallest absolute Gasteiger partial charge is 0.0808 e. The van der Waals surface area contributed by atoms with E-state index in [0.717, 1.165) is 39.2 Å². The van der Waals surface area contributed by atoms with Crippen LogP contribution in [0.25, 0.3) is 0 Å². The standard InChI is InChI=1S/C13H27NO2/c1-4-13(2,3)14-8-10-15-11-12-7-5-6-9-16-12/h12,14H,4-11H2,1-3H3. The van der Waals surface area contributed by atoms with Crippen LogP contribution in [0.1, 0.15) is 46.5 Å². The lowest BCUT2D eigenvalue weighted by Gasteiger charge is -2.25. The third-order valence-corrected chi connectivity index (χ3v) is 3.31. The first-order valence-electron chi connectivity index (χ1n) is 6.58. The molecule has 3 heteroatoms. The van der Waals surface area contributed by atoms with Gasteiger partial charge in [0.25, 0.3) is 0 Å². The summed E-state index contributed by atoms with van der Waals surface area (Å²) in [6.07, 6.45) is 5.14. The van der Waals surface area contributed by atoms with Gasteiger partial charge in [0.15, 0.2) is 0 Å². The molecule has 0 amide bonds. The van der Waals surface area contributed by atoms with E-state index in [4.69, 9.17) is 9.47 Å². The third-order valence-electron chi connectivity index (χ3n) is 3.31. The van der Waals surface area contributed by atoms with Gasteiger partial charge in [0.2, 0.25) is 0 Å². The van der Waals surface area contributed by atoms with Crippen LogP contribution in [-0.4, -0.2) is 38.0 Å². The molecular weight excluding hydrogens is 202 g/mol. The van der Waals surface area contributed by atoms with Gasteiger partial charge in [-0.3, -0.25) is 0 Å². The Bertz CT molecular complexity index is 177.